The van der Waals surface area contributed by atoms with Gasteiger partial charge in [-0.2, -0.15) is 0 Å². The zero-order chi connectivity index (χ0) is 17.5. The number of nitrogens with one attached hydrogen (secondary N) is 3. The van der Waals surface area contributed by atoms with E-state index >= 15 is 0 Å². The quantitative estimate of drug-likeness (QED) is 0.350. The first-order valence-electron chi connectivity index (χ1n) is 7.84. The van der Waals surface area contributed by atoms with Gasteiger partial charge < -0.3 is 16.0 Å². The minimum absolute atomic E-state index is 0. The number of aryl methyl sites for hydroxylation is 1. The third kappa shape index (κ3) is 9.32. The van der Waals surface area contributed by atoms with E-state index in [1.807, 2.05) is 32.0 Å². The molecule has 1 amide bonds. The lowest BCUT2D eigenvalue weighted by Gasteiger charge is -2.23. The number of hydrogen-bond donors (Lipinski definition) is 3. The molecular formula is C17H28ClIN4O. The van der Waals surface area contributed by atoms with Gasteiger partial charge in [-0.25, -0.2) is 0 Å². The van der Waals surface area contributed by atoms with Gasteiger partial charge in [0.2, 0.25) is 5.91 Å². The first kappa shape index (κ1) is 23.0. The van der Waals surface area contributed by atoms with Crippen molar-refractivity contribution in [3.8, 4) is 0 Å². The van der Waals surface area contributed by atoms with Crippen LogP contribution in [0.4, 0.5) is 5.69 Å². The molecule has 0 spiro atoms. The van der Waals surface area contributed by atoms with Gasteiger partial charge in [-0.3, -0.25) is 9.79 Å². The van der Waals surface area contributed by atoms with E-state index in [-0.39, 0.29) is 35.4 Å². The largest absolute Gasteiger partial charge is 0.357 e. The van der Waals surface area contributed by atoms with Crippen molar-refractivity contribution in [3.05, 3.63) is 28.8 Å². The highest BCUT2D eigenvalue weighted by Gasteiger charge is 2.12. The summed E-state index contributed by atoms with van der Waals surface area (Å²) in [6.07, 6.45) is 0.297. The van der Waals surface area contributed by atoms with Crippen LogP contribution in [-0.2, 0) is 4.79 Å². The van der Waals surface area contributed by atoms with Crippen LogP contribution >= 0.6 is 35.6 Å². The maximum absolute atomic E-state index is 12.0. The Balaban J connectivity index is 0.00000529. The Bertz CT molecular complexity index is 570. The van der Waals surface area contributed by atoms with Gasteiger partial charge in [-0.15, -0.1) is 24.0 Å². The average molecular weight is 467 g/mol. The van der Waals surface area contributed by atoms with Crippen LogP contribution in [0.15, 0.2) is 23.2 Å². The maximum atomic E-state index is 12.0. The minimum atomic E-state index is -0.105. The fraction of sp³-hybridized carbons (Fsp3) is 0.529. The minimum Gasteiger partial charge on any atom is -0.357 e. The SMILES string of the molecule is CCNC(=NCCC(=O)Nc1ccc(C)cc1Cl)NC(C)(C)C.I. The van der Waals surface area contributed by atoms with Gasteiger partial charge in [0.15, 0.2) is 5.96 Å². The van der Waals surface area contributed by atoms with E-state index in [0.29, 0.717) is 29.6 Å². The van der Waals surface area contributed by atoms with Gasteiger partial charge in [-0.1, -0.05) is 17.7 Å². The monoisotopic (exact) mass is 466 g/mol. The van der Waals surface area contributed by atoms with Crippen molar-refractivity contribution in [2.45, 2.75) is 46.6 Å². The standard InChI is InChI=1S/C17H27ClN4O.HI/c1-6-19-16(22-17(3,4)5)20-10-9-15(23)21-14-8-7-12(2)11-13(14)18;/h7-8,11H,6,9-10H2,1-5H3,(H,21,23)(H2,19,20,22);1H. The molecule has 0 aliphatic heterocycles. The van der Waals surface area contributed by atoms with E-state index in [9.17, 15) is 4.79 Å². The molecule has 0 aliphatic rings. The molecule has 1 rings (SSSR count). The number of hydrogen-bond acceptors (Lipinski definition) is 2. The molecule has 136 valence electrons. The maximum Gasteiger partial charge on any atom is 0.226 e. The Morgan fingerprint density at radius 3 is 2.50 bits per heavy atom. The molecule has 24 heavy (non-hydrogen) atoms. The van der Waals surface area contributed by atoms with Crippen molar-refractivity contribution in [2.75, 3.05) is 18.4 Å². The van der Waals surface area contributed by atoms with Crippen molar-refractivity contribution in [1.82, 2.24) is 10.6 Å². The number of nitrogens with zero attached hydrogens (tertiary/aromatic N) is 1. The van der Waals surface area contributed by atoms with Crippen LogP contribution in [0.1, 0.15) is 39.7 Å². The molecule has 0 aromatic heterocycles. The summed E-state index contributed by atoms with van der Waals surface area (Å²) in [5, 5.41) is 9.80. The lowest BCUT2D eigenvalue weighted by Crippen LogP contribution is -2.47. The van der Waals surface area contributed by atoms with E-state index in [4.69, 9.17) is 11.6 Å². The lowest BCUT2D eigenvalue weighted by molar-refractivity contribution is -0.116. The summed E-state index contributed by atoms with van der Waals surface area (Å²) in [5.74, 6) is 0.604. The number of benzene rings is 1. The number of aliphatic imine (C=N–C) groups is 1. The van der Waals surface area contributed by atoms with E-state index < -0.39 is 0 Å². The normalized spacial score (nSPS) is 11.5. The fourth-order valence-electron chi connectivity index (χ4n) is 1.87. The second kappa shape index (κ2) is 10.8. The number of amides is 1. The lowest BCUT2D eigenvalue weighted by atomic mass is 10.1. The van der Waals surface area contributed by atoms with Crippen LogP contribution in [0.25, 0.3) is 0 Å². The third-order valence-electron chi connectivity index (χ3n) is 2.85. The second-order valence-electron chi connectivity index (χ2n) is 6.42. The van der Waals surface area contributed by atoms with Crippen molar-refractivity contribution < 1.29 is 4.79 Å². The number of guanidine groups is 1. The average Bonchev–Trinajstić information content (AvgIpc) is 2.40. The molecule has 3 N–H and O–H groups in total. The highest BCUT2D eigenvalue weighted by Crippen LogP contribution is 2.22. The second-order valence-corrected chi connectivity index (χ2v) is 6.82. The summed E-state index contributed by atoms with van der Waals surface area (Å²) in [6.45, 7) is 11.3. The highest BCUT2D eigenvalue weighted by atomic mass is 127. The summed E-state index contributed by atoms with van der Waals surface area (Å²) < 4.78 is 0. The van der Waals surface area contributed by atoms with Gasteiger partial charge in [-0.05, 0) is 52.3 Å². The highest BCUT2D eigenvalue weighted by molar-refractivity contribution is 14.0. The topological polar surface area (TPSA) is 65.5 Å². The molecule has 0 heterocycles. The number of carbonyl (C=O) groups excluding carboxylic acids is 1. The van der Waals surface area contributed by atoms with Crippen molar-refractivity contribution in [2.24, 2.45) is 4.99 Å². The number of rotatable bonds is 5. The number of halogens is 2. The summed E-state index contributed by atoms with van der Waals surface area (Å²) in [5.41, 5.74) is 1.60. The fourth-order valence-corrected chi connectivity index (χ4v) is 2.15. The molecule has 0 saturated carbocycles. The smallest absolute Gasteiger partial charge is 0.226 e. The van der Waals surface area contributed by atoms with Crippen LogP contribution in [0.5, 0.6) is 0 Å². The van der Waals surface area contributed by atoms with Crippen LogP contribution in [0.2, 0.25) is 5.02 Å². The molecular weight excluding hydrogens is 439 g/mol. The Labute approximate surface area is 167 Å². The molecule has 0 atom stereocenters. The van der Waals surface area contributed by atoms with Gasteiger partial charge in [0, 0.05) is 18.5 Å². The molecule has 5 nitrogen and oxygen atoms in total. The van der Waals surface area contributed by atoms with Gasteiger partial charge in [0.25, 0.3) is 0 Å². The van der Waals surface area contributed by atoms with E-state index in [1.165, 1.54) is 0 Å². The molecule has 0 fully saturated rings. The molecule has 0 unspecified atom stereocenters. The summed E-state index contributed by atoms with van der Waals surface area (Å²) in [7, 11) is 0. The van der Waals surface area contributed by atoms with Crippen molar-refractivity contribution in [3.63, 3.8) is 0 Å². The summed E-state index contributed by atoms with van der Waals surface area (Å²) in [6, 6.07) is 5.55. The molecule has 0 bridgehead atoms. The predicted molar refractivity (Wildman–Crippen MR) is 114 cm³/mol. The molecule has 1 aromatic carbocycles. The number of anilines is 1. The van der Waals surface area contributed by atoms with Crippen LogP contribution < -0.4 is 16.0 Å². The first-order chi connectivity index (χ1) is 10.7. The third-order valence-corrected chi connectivity index (χ3v) is 3.16. The molecule has 7 heteroatoms. The Morgan fingerprint density at radius 1 is 1.29 bits per heavy atom. The molecule has 1 aromatic rings. The molecule has 0 radical (unpaired) electrons. The number of carbonyl (C=O) groups is 1. The zero-order valence-electron chi connectivity index (χ0n) is 15.0. The van der Waals surface area contributed by atoms with Crippen LogP contribution in [0.3, 0.4) is 0 Å². The van der Waals surface area contributed by atoms with Crippen LogP contribution in [-0.4, -0.2) is 30.5 Å². The predicted octanol–water partition coefficient (Wildman–Crippen LogP) is 3.95. The van der Waals surface area contributed by atoms with Crippen molar-refractivity contribution >= 4 is 53.1 Å². The van der Waals surface area contributed by atoms with E-state index in [0.717, 1.165) is 12.1 Å². The Morgan fingerprint density at radius 2 is 1.96 bits per heavy atom. The molecule has 0 aliphatic carbocycles. The summed E-state index contributed by atoms with van der Waals surface area (Å²) >= 11 is 6.11. The van der Waals surface area contributed by atoms with Gasteiger partial charge >= 0.3 is 0 Å². The van der Waals surface area contributed by atoms with Crippen molar-refractivity contribution in [1.29, 1.82) is 0 Å². The zero-order valence-corrected chi connectivity index (χ0v) is 18.1. The van der Waals surface area contributed by atoms with Gasteiger partial charge in [0.1, 0.15) is 0 Å². The first-order valence-corrected chi connectivity index (χ1v) is 8.21. The van der Waals surface area contributed by atoms with Gasteiger partial charge in [0.05, 0.1) is 17.3 Å². The van der Waals surface area contributed by atoms with Crippen LogP contribution in [0, 0.1) is 6.92 Å². The molecule has 0 saturated heterocycles. The van der Waals surface area contributed by atoms with E-state index in [2.05, 4.69) is 41.7 Å². The summed E-state index contributed by atoms with van der Waals surface area (Å²) in [4.78, 5) is 16.4. The van der Waals surface area contributed by atoms with E-state index in [1.54, 1.807) is 0 Å². The Kier molecular flexibility index (Phi) is 10.3. The Hall–Kier alpha value is -1.02.